The first kappa shape index (κ1) is 13.4. The highest BCUT2D eigenvalue weighted by Crippen LogP contribution is 2.23. The first-order chi connectivity index (χ1) is 10.2. The van der Waals surface area contributed by atoms with Gasteiger partial charge in [0, 0.05) is 24.5 Å². The van der Waals surface area contributed by atoms with Gasteiger partial charge in [0.05, 0.1) is 18.4 Å². The van der Waals surface area contributed by atoms with Crippen LogP contribution < -0.4 is 5.73 Å². The van der Waals surface area contributed by atoms with Crippen molar-refractivity contribution in [3.05, 3.63) is 54.0 Å². The summed E-state index contributed by atoms with van der Waals surface area (Å²) in [5, 5.41) is 8.86. The van der Waals surface area contributed by atoms with Crippen molar-refractivity contribution in [2.24, 2.45) is 0 Å². The fourth-order valence-corrected chi connectivity index (χ4v) is 2.40. The standard InChI is InChI=1S/C16H19N5/c1-3-20-10-14(8-18-20)16-15(17)11-21(19-16)9-13-6-4-5-12(2)7-13/h4-8,10-11H,3,9,17H2,1-2H3. The van der Waals surface area contributed by atoms with Crippen molar-refractivity contribution >= 4 is 5.69 Å². The van der Waals surface area contributed by atoms with E-state index < -0.39 is 0 Å². The molecule has 2 heterocycles. The molecule has 0 radical (unpaired) electrons. The number of anilines is 1. The van der Waals surface area contributed by atoms with Crippen molar-refractivity contribution in [3.63, 3.8) is 0 Å². The Balaban J connectivity index is 1.87. The van der Waals surface area contributed by atoms with E-state index in [1.54, 1.807) is 6.20 Å². The lowest BCUT2D eigenvalue weighted by atomic mass is 10.1. The molecule has 108 valence electrons. The number of nitrogen functional groups attached to an aromatic ring is 1. The summed E-state index contributed by atoms with van der Waals surface area (Å²) in [5.41, 5.74) is 11.0. The molecule has 0 saturated carbocycles. The zero-order chi connectivity index (χ0) is 14.8. The Labute approximate surface area is 124 Å². The molecule has 1 aromatic carbocycles. The normalized spacial score (nSPS) is 11.0. The van der Waals surface area contributed by atoms with E-state index in [9.17, 15) is 0 Å². The summed E-state index contributed by atoms with van der Waals surface area (Å²) >= 11 is 0. The molecule has 0 aliphatic heterocycles. The lowest BCUT2D eigenvalue weighted by Crippen LogP contribution is -2.00. The Hall–Kier alpha value is -2.56. The van der Waals surface area contributed by atoms with Crippen molar-refractivity contribution in [3.8, 4) is 11.3 Å². The number of rotatable bonds is 4. The number of hydrogen-bond acceptors (Lipinski definition) is 3. The SMILES string of the molecule is CCn1cc(-c2nn(Cc3cccc(C)c3)cc2N)cn1. The highest BCUT2D eigenvalue weighted by Gasteiger charge is 2.11. The summed E-state index contributed by atoms with van der Waals surface area (Å²) in [4.78, 5) is 0. The Kier molecular flexibility index (Phi) is 3.48. The molecular formula is C16H19N5. The number of hydrogen-bond donors (Lipinski definition) is 1. The second-order valence-corrected chi connectivity index (χ2v) is 5.20. The minimum Gasteiger partial charge on any atom is -0.396 e. The lowest BCUT2D eigenvalue weighted by Gasteiger charge is -2.02. The smallest absolute Gasteiger partial charge is 0.118 e. The van der Waals surface area contributed by atoms with Crippen molar-refractivity contribution in [1.29, 1.82) is 0 Å². The first-order valence-corrected chi connectivity index (χ1v) is 7.07. The second-order valence-electron chi connectivity index (χ2n) is 5.20. The maximum Gasteiger partial charge on any atom is 0.118 e. The first-order valence-electron chi connectivity index (χ1n) is 7.07. The third kappa shape index (κ3) is 2.81. The van der Waals surface area contributed by atoms with Gasteiger partial charge in [-0.05, 0) is 19.4 Å². The van der Waals surface area contributed by atoms with Gasteiger partial charge in [-0.1, -0.05) is 29.8 Å². The fourth-order valence-electron chi connectivity index (χ4n) is 2.40. The Morgan fingerprint density at radius 2 is 2.05 bits per heavy atom. The lowest BCUT2D eigenvalue weighted by molar-refractivity contribution is 0.660. The minimum absolute atomic E-state index is 0.679. The molecule has 5 heteroatoms. The predicted octanol–water partition coefficient (Wildman–Crippen LogP) is 2.71. The van der Waals surface area contributed by atoms with Gasteiger partial charge in [0.1, 0.15) is 5.69 Å². The third-order valence-electron chi connectivity index (χ3n) is 3.45. The van der Waals surface area contributed by atoms with E-state index in [-0.39, 0.29) is 0 Å². The molecule has 0 aliphatic carbocycles. The van der Waals surface area contributed by atoms with E-state index in [2.05, 4.69) is 48.3 Å². The van der Waals surface area contributed by atoms with Gasteiger partial charge in [0.25, 0.3) is 0 Å². The monoisotopic (exact) mass is 281 g/mol. The molecular weight excluding hydrogens is 262 g/mol. The van der Waals surface area contributed by atoms with Gasteiger partial charge >= 0.3 is 0 Å². The van der Waals surface area contributed by atoms with E-state index in [1.165, 1.54) is 11.1 Å². The van der Waals surface area contributed by atoms with Crippen molar-refractivity contribution in [1.82, 2.24) is 19.6 Å². The van der Waals surface area contributed by atoms with E-state index in [0.29, 0.717) is 12.2 Å². The van der Waals surface area contributed by atoms with E-state index in [4.69, 9.17) is 5.73 Å². The number of aromatic nitrogens is 4. The topological polar surface area (TPSA) is 61.7 Å². The summed E-state index contributed by atoms with van der Waals surface area (Å²) in [6.45, 7) is 5.69. The van der Waals surface area contributed by atoms with Crippen LogP contribution in [0.2, 0.25) is 0 Å². The average Bonchev–Trinajstić information content (AvgIpc) is 3.05. The van der Waals surface area contributed by atoms with Gasteiger partial charge in [-0.15, -0.1) is 0 Å². The van der Waals surface area contributed by atoms with Crippen molar-refractivity contribution < 1.29 is 0 Å². The van der Waals surface area contributed by atoms with Crippen LogP contribution in [0.3, 0.4) is 0 Å². The second kappa shape index (κ2) is 5.44. The van der Waals surface area contributed by atoms with Crippen LogP contribution >= 0.6 is 0 Å². The van der Waals surface area contributed by atoms with Gasteiger partial charge in [-0.25, -0.2) is 0 Å². The van der Waals surface area contributed by atoms with Crippen LogP contribution in [0.5, 0.6) is 0 Å². The van der Waals surface area contributed by atoms with Crippen molar-refractivity contribution in [2.45, 2.75) is 26.9 Å². The largest absolute Gasteiger partial charge is 0.396 e. The van der Waals surface area contributed by atoms with Gasteiger partial charge < -0.3 is 5.73 Å². The molecule has 3 aromatic rings. The Morgan fingerprint density at radius 3 is 2.76 bits per heavy atom. The highest BCUT2D eigenvalue weighted by atomic mass is 15.3. The fraction of sp³-hybridized carbons (Fsp3) is 0.250. The van der Waals surface area contributed by atoms with Gasteiger partial charge in [0.15, 0.2) is 0 Å². The third-order valence-corrected chi connectivity index (χ3v) is 3.45. The molecule has 0 spiro atoms. The minimum atomic E-state index is 0.679. The van der Waals surface area contributed by atoms with Crippen molar-refractivity contribution in [2.75, 3.05) is 5.73 Å². The molecule has 0 atom stereocenters. The van der Waals surface area contributed by atoms with Crippen LogP contribution in [-0.2, 0) is 13.1 Å². The van der Waals surface area contributed by atoms with Crippen LogP contribution in [0.1, 0.15) is 18.1 Å². The molecule has 3 rings (SSSR count). The van der Waals surface area contributed by atoms with Gasteiger partial charge in [-0.2, -0.15) is 10.2 Å². The maximum absolute atomic E-state index is 6.09. The predicted molar refractivity (Wildman–Crippen MR) is 83.8 cm³/mol. The van der Waals surface area contributed by atoms with Crippen LogP contribution in [-0.4, -0.2) is 19.6 Å². The van der Waals surface area contributed by atoms with Gasteiger partial charge in [0.2, 0.25) is 0 Å². The molecule has 0 bridgehead atoms. The summed E-state index contributed by atoms with van der Waals surface area (Å²) in [6.07, 6.45) is 5.65. The molecule has 0 fully saturated rings. The number of nitrogens with two attached hydrogens (primary N) is 1. The zero-order valence-electron chi connectivity index (χ0n) is 12.3. The molecule has 0 aliphatic rings. The summed E-state index contributed by atoms with van der Waals surface area (Å²) in [5.74, 6) is 0. The Bertz CT molecular complexity index is 754. The van der Waals surface area contributed by atoms with Crippen LogP contribution in [0.25, 0.3) is 11.3 Å². The van der Waals surface area contributed by atoms with E-state index in [1.807, 2.05) is 21.8 Å². The molecule has 0 amide bonds. The quantitative estimate of drug-likeness (QED) is 0.799. The summed E-state index contributed by atoms with van der Waals surface area (Å²) < 4.78 is 3.75. The summed E-state index contributed by atoms with van der Waals surface area (Å²) in [6, 6.07) is 8.40. The molecule has 2 N–H and O–H groups in total. The average molecular weight is 281 g/mol. The summed E-state index contributed by atoms with van der Waals surface area (Å²) in [7, 11) is 0. The molecule has 0 unspecified atom stereocenters. The van der Waals surface area contributed by atoms with Crippen LogP contribution in [0.15, 0.2) is 42.9 Å². The van der Waals surface area contributed by atoms with E-state index >= 15 is 0 Å². The van der Waals surface area contributed by atoms with Crippen LogP contribution in [0, 0.1) is 6.92 Å². The van der Waals surface area contributed by atoms with Crippen LogP contribution in [0.4, 0.5) is 5.69 Å². The zero-order valence-corrected chi connectivity index (χ0v) is 12.3. The maximum atomic E-state index is 6.09. The number of aryl methyl sites for hydroxylation is 2. The molecule has 21 heavy (non-hydrogen) atoms. The molecule has 5 nitrogen and oxygen atoms in total. The highest BCUT2D eigenvalue weighted by molar-refractivity contribution is 5.70. The number of benzene rings is 1. The molecule has 2 aromatic heterocycles. The van der Waals surface area contributed by atoms with E-state index in [0.717, 1.165) is 17.8 Å². The number of nitrogens with zero attached hydrogens (tertiary/aromatic N) is 4. The molecule has 0 saturated heterocycles. The Morgan fingerprint density at radius 1 is 1.19 bits per heavy atom. The van der Waals surface area contributed by atoms with Gasteiger partial charge in [-0.3, -0.25) is 9.36 Å².